The molecule has 0 heterocycles. The lowest BCUT2D eigenvalue weighted by Gasteiger charge is -2.28. The largest absolute Gasteiger partial charge is 0.369 e. The number of para-hydroxylation sites is 1. The van der Waals surface area contributed by atoms with E-state index in [0.29, 0.717) is 5.69 Å². The molecule has 0 fully saturated rings. The summed E-state index contributed by atoms with van der Waals surface area (Å²) in [6.07, 6.45) is 1.03. The highest BCUT2D eigenvalue weighted by atomic mass is 19.1. The second kappa shape index (κ2) is 9.00. The van der Waals surface area contributed by atoms with Crippen LogP contribution in [0, 0.1) is 5.82 Å². The van der Waals surface area contributed by atoms with Gasteiger partial charge in [0.25, 0.3) is 0 Å². The van der Waals surface area contributed by atoms with E-state index in [-0.39, 0.29) is 11.9 Å². The van der Waals surface area contributed by atoms with Crippen LogP contribution in [0.5, 0.6) is 0 Å². The zero-order chi connectivity index (χ0) is 15.8. The first-order valence-electron chi connectivity index (χ1n) is 8.06. The minimum absolute atomic E-state index is 0.160. The molecular weight excluding hydrogens is 265 g/mol. The minimum atomic E-state index is -0.172. The Morgan fingerprint density at radius 2 is 1.76 bits per heavy atom. The first-order valence-corrected chi connectivity index (χ1v) is 8.06. The van der Waals surface area contributed by atoms with Crippen LogP contribution in [0.25, 0.3) is 0 Å². The number of hydrogen-bond acceptors (Lipinski definition) is 3. The second-order valence-electron chi connectivity index (χ2n) is 5.43. The maximum atomic E-state index is 14.3. The van der Waals surface area contributed by atoms with Gasteiger partial charge in [-0.05, 0) is 51.5 Å². The van der Waals surface area contributed by atoms with Crippen molar-refractivity contribution < 1.29 is 4.39 Å². The van der Waals surface area contributed by atoms with E-state index in [1.807, 2.05) is 13.0 Å². The molecule has 0 saturated heterocycles. The summed E-state index contributed by atoms with van der Waals surface area (Å²) in [6.45, 7) is 13.1. The Hall–Kier alpha value is -1.13. The van der Waals surface area contributed by atoms with Gasteiger partial charge < -0.3 is 15.5 Å². The Morgan fingerprint density at radius 3 is 2.29 bits per heavy atom. The first-order chi connectivity index (χ1) is 10.0. The number of anilines is 1. The molecule has 0 saturated carbocycles. The van der Waals surface area contributed by atoms with E-state index in [0.717, 1.165) is 44.7 Å². The predicted molar refractivity (Wildman–Crippen MR) is 89.3 cm³/mol. The van der Waals surface area contributed by atoms with Gasteiger partial charge in [-0.2, -0.15) is 0 Å². The number of halogens is 1. The Kier molecular flexibility index (Phi) is 7.68. The third-order valence-corrected chi connectivity index (χ3v) is 4.00. The van der Waals surface area contributed by atoms with E-state index in [9.17, 15) is 4.39 Å². The molecular formula is C17H30FN3. The Bertz CT molecular complexity index is 416. The summed E-state index contributed by atoms with van der Waals surface area (Å²) in [5, 5.41) is 0. The van der Waals surface area contributed by atoms with Gasteiger partial charge in [-0.3, -0.25) is 0 Å². The molecule has 21 heavy (non-hydrogen) atoms. The standard InChI is InChI=1S/C17H30FN3/c1-5-20(6-2)12-9-13-21(7-3)17-15(14(4)19)10-8-11-16(17)18/h8,10-11,14H,5-7,9,12-13,19H2,1-4H3/t14-/m0/s1. The van der Waals surface area contributed by atoms with Gasteiger partial charge in [0.2, 0.25) is 0 Å². The molecule has 120 valence electrons. The lowest BCUT2D eigenvalue weighted by Crippen LogP contribution is -2.31. The maximum Gasteiger partial charge on any atom is 0.146 e. The highest BCUT2D eigenvalue weighted by Gasteiger charge is 2.17. The summed E-state index contributed by atoms with van der Waals surface area (Å²) in [4.78, 5) is 4.50. The molecule has 1 aromatic rings. The smallest absolute Gasteiger partial charge is 0.146 e. The third kappa shape index (κ3) is 4.97. The molecule has 0 aliphatic carbocycles. The van der Waals surface area contributed by atoms with Crippen LogP contribution in [-0.2, 0) is 0 Å². The van der Waals surface area contributed by atoms with Crippen molar-refractivity contribution in [2.24, 2.45) is 5.73 Å². The summed E-state index contributed by atoms with van der Waals surface area (Å²) in [7, 11) is 0. The molecule has 2 N–H and O–H groups in total. The van der Waals surface area contributed by atoms with Gasteiger partial charge >= 0.3 is 0 Å². The van der Waals surface area contributed by atoms with E-state index in [2.05, 4.69) is 30.6 Å². The molecule has 1 aromatic carbocycles. The topological polar surface area (TPSA) is 32.5 Å². The number of hydrogen-bond donors (Lipinski definition) is 1. The average molecular weight is 295 g/mol. The van der Waals surface area contributed by atoms with Crippen LogP contribution >= 0.6 is 0 Å². The molecule has 4 heteroatoms. The molecule has 0 spiro atoms. The quantitative estimate of drug-likeness (QED) is 0.758. The fourth-order valence-corrected chi connectivity index (χ4v) is 2.69. The molecule has 1 rings (SSSR count). The van der Waals surface area contributed by atoms with Crippen LogP contribution in [-0.4, -0.2) is 37.6 Å². The summed E-state index contributed by atoms with van der Waals surface area (Å²) in [5.74, 6) is -0.172. The van der Waals surface area contributed by atoms with Gasteiger partial charge in [-0.25, -0.2) is 4.39 Å². The summed E-state index contributed by atoms with van der Waals surface area (Å²) < 4.78 is 14.3. The predicted octanol–water partition coefficient (Wildman–Crippen LogP) is 3.40. The van der Waals surface area contributed by atoms with Crippen LogP contribution in [0.15, 0.2) is 18.2 Å². The fraction of sp³-hybridized carbons (Fsp3) is 0.647. The van der Waals surface area contributed by atoms with Gasteiger partial charge in [0.15, 0.2) is 0 Å². The van der Waals surface area contributed by atoms with Crippen molar-refractivity contribution in [1.82, 2.24) is 4.90 Å². The summed E-state index contributed by atoms with van der Waals surface area (Å²) in [6, 6.07) is 5.03. The number of nitrogens with zero attached hydrogens (tertiary/aromatic N) is 2. The molecule has 0 bridgehead atoms. The third-order valence-electron chi connectivity index (χ3n) is 4.00. The highest BCUT2D eigenvalue weighted by Crippen LogP contribution is 2.28. The number of benzene rings is 1. The van der Waals surface area contributed by atoms with E-state index >= 15 is 0 Å². The second-order valence-corrected chi connectivity index (χ2v) is 5.43. The molecule has 0 aromatic heterocycles. The number of nitrogens with two attached hydrogens (primary N) is 1. The van der Waals surface area contributed by atoms with Gasteiger partial charge in [0.05, 0.1) is 5.69 Å². The monoisotopic (exact) mass is 295 g/mol. The van der Waals surface area contributed by atoms with Gasteiger partial charge in [-0.15, -0.1) is 0 Å². The average Bonchev–Trinajstić information content (AvgIpc) is 2.48. The van der Waals surface area contributed by atoms with Gasteiger partial charge in [0, 0.05) is 19.1 Å². The Morgan fingerprint density at radius 1 is 1.10 bits per heavy atom. The molecule has 1 atom stereocenters. The fourth-order valence-electron chi connectivity index (χ4n) is 2.69. The normalized spacial score (nSPS) is 12.7. The molecule has 0 aliphatic rings. The van der Waals surface area contributed by atoms with E-state index < -0.39 is 0 Å². The molecule has 0 radical (unpaired) electrons. The van der Waals surface area contributed by atoms with Crippen molar-refractivity contribution in [2.45, 2.75) is 40.2 Å². The van der Waals surface area contributed by atoms with Crippen molar-refractivity contribution >= 4 is 5.69 Å². The molecule has 0 aliphatic heterocycles. The zero-order valence-corrected chi connectivity index (χ0v) is 13.9. The summed E-state index contributed by atoms with van der Waals surface area (Å²) in [5.41, 5.74) is 7.56. The van der Waals surface area contributed by atoms with Crippen LogP contribution in [0.1, 0.15) is 45.7 Å². The van der Waals surface area contributed by atoms with E-state index in [1.54, 1.807) is 6.07 Å². The highest BCUT2D eigenvalue weighted by molar-refractivity contribution is 5.56. The van der Waals surface area contributed by atoms with Crippen LogP contribution < -0.4 is 10.6 Å². The van der Waals surface area contributed by atoms with Crippen molar-refractivity contribution in [3.63, 3.8) is 0 Å². The Balaban J connectivity index is 2.81. The molecule has 3 nitrogen and oxygen atoms in total. The number of rotatable bonds is 9. The lowest BCUT2D eigenvalue weighted by atomic mass is 10.0. The van der Waals surface area contributed by atoms with Crippen molar-refractivity contribution in [2.75, 3.05) is 37.6 Å². The van der Waals surface area contributed by atoms with Crippen molar-refractivity contribution in [3.8, 4) is 0 Å². The molecule has 0 amide bonds. The van der Waals surface area contributed by atoms with Crippen LogP contribution in [0.4, 0.5) is 10.1 Å². The first kappa shape index (κ1) is 17.9. The Labute approximate surface area is 128 Å². The van der Waals surface area contributed by atoms with Crippen LogP contribution in [0.3, 0.4) is 0 Å². The van der Waals surface area contributed by atoms with Crippen LogP contribution in [0.2, 0.25) is 0 Å². The lowest BCUT2D eigenvalue weighted by molar-refractivity contribution is 0.300. The van der Waals surface area contributed by atoms with E-state index in [4.69, 9.17) is 5.73 Å². The summed E-state index contributed by atoms with van der Waals surface area (Å²) >= 11 is 0. The van der Waals surface area contributed by atoms with E-state index in [1.165, 1.54) is 6.07 Å². The SMILES string of the molecule is CCN(CC)CCCN(CC)c1c(F)cccc1[C@H](C)N. The minimum Gasteiger partial charge on any atom is -0.369 e. The van der Waals surface area contributed by atoms with Crippen molar-refractivity contribution in [3.05, 3.63) is 29.6 Å². The zero-order valence-electron chi connectivity index (χ0n) is 13.9. The van der Waals surface area contributed by atoms with Crippen molar-refractivity contribution in [1.29, 1.82) is 0 Å². The molecule has 0 unspecified atom stereocenters. The maximum absolute atomic E-state index is 14.3. The van der Waals surface area contributed by atoms with Gasteiger partial charge in [-0.1, -0.05) is 26.0 Å². The van der Waals surface area contributed by atoms with Gasteiger partial charge in [0.1, 0.15) is 5.82 Å².